The second kappa shape index (κ2) is 11.0. The number of nitriles is 1. The molecule has 41 heavy (non-hydrogen) atoms. The maximum atomic E-state index is 10.1. The Hall–Kier alpha value is -3.62. The molecule has 0 amide bonds. The number of methoxy groups -OCH3 is 1. The van der Waals surface area contributed by atoms with Crippen molar-refractivity contribution in [2.45, 2.75) is 44.9 Å². The molecule has 1 fully saturated rings. The number of aromatic amines is 1. The molecule has 1 aliphatic heterocycles. The van der Waals surface area contributed by atoms with Crippen molar-refractivity contribution in [1.29, 1.82) is 5.26 Å². The van der Waals surface area contributed by atoms with Gasteiger partial charge in [0.1, 0.15) is 23.7 Å². The lowest BCUT2D eigenvalue weighted by molar-refractivity contribution is 0.0664. The summed E-state index contributed by atoms with van der Waals surface area (Å²) in [4.78, 5) is 10.7. The smallest absolute Gasteiger partial charge is 0.162 e. The molecule has 4 aromatic rings. The number of halogens is 2. The van der Waals surface area contributed by atoms with Crippen LogP contribution in [0.3, 0.4) is 0 Å². The Balaban J connectivity index is 1.43. The zero-order valence-electron chi connectivity index (χ0n) is 23.4. The number of hydrogen-bond donors (Lipinski definition) is 3. The predicted octanol–water partition coefficient (Wildman–Crippen LogP) is 5.29. The first kappa shape index (κ1) is 28.9. The fraction of sp³-hybridized carbons (Fsp3) is 0.379. The van der Waals surface area contributed by atoms with E-state index in [1.165, 1.54) is 12.4 Å². The molecule has 0 aliphatic carbocycles. The molecule has 0 radical (unpaired) electrons. The van der Waals surface area contributed by atoms with Crippen LogP contribution in [0.15, 0.2) is 36.8 Å². The number of H-pyrrole nitrogens is 1. The third-order valence-corrected chi connectivity index (χ3v) is 7.64. The van der Waals surface area contributed by atoms with Gasteiger partial charge >= 0.3 is 0 Å². The van der Waals surface area contributed by atoms with Gasteiger partial charge in [-0.2, -0.15) is 10.4 Å². The molecular weight excluding hydrogens is 565 g/mol. The highest BCUT2D eigenvalue weighted by Crippen LogP contribution is 2.40. The van der Waals surface area contributed by atoms with Crippen molar-refractivity contribution in [2.24, 2.45) is 0 Å². The van der Waals surface area contributed by atoms with Crippen molar-refractivity contribution in [3.8, 4) is 28.8 Å². The highest BCUT2D eigenvalue weighted by molar-refractivity contribution is 6.35. The van der Waals surface area contributed by atoms with Crippen LogP contribution in [0.1, 0.15) is 44.9 Å². The molecule has 0 bridgehead atoms. The number of rotatable bonds is 9. The number of aromatic nitrogens is 4. The number of pyridine rings is 2. The average Bonchev–Trinajstić information content (AvgIpc) is 3.31. The van der Waals surface area contributed by atoms with Crippen LogP contribution in [-0.2, 0) is 0 Å². The number of fused-ring (bicyclic) bond motifs is 1. The predicted molar refractivity (Wildman–Crippen MR) is 159 cm³/mol. The summed E-state index contributed by atoms with van der Waals surface area (Å²) in [7, 11) is 1.56. The van der Waals surface area contributed by atoms with Crippen LogP contribution in [0.2, 0.25) is 10.0 Å². The van der Waals surface area contributed by atoms with E-state index in [2.05, 4.69) is 43.4 Å². The second-order valence-corrected chi connectivity index (χ2v) is 12.0. The maximum Gasteiger partial charge on any atom is 0.162 e. The molecule has 0 spiro atoms. The number of ether oxygens (including phenoxy) is 2. The molecule has 12 heteroatoms. The van der Waals surface area contributed by atoms with Crippen molar-refractivity contribution in [1.82, 2.24) is 25.5 Å². The van der Waals surface area contributed by atoms with Crippen molar-refractivity contribution < 1.29 is 14.6 Å². The summed E-state index contributed by atoms with van der Waals surface area (Å²) in [6.07, 6.45) is 4.27. The fourth-order valence-electron chi connectivity index (χ4n) is 4.96. The van der Waals surface area contributed by atoms with Gasteiger partial charge in [-0.15, -0.1) is 0 Å². The molecule has 0 saturated carbocycles. The SMILES string of the molecule is COc1cc2[nH]nc(-c3cnc(N4CC(C)(NCC(C)(C)O)C4)c(C#N)c3)c2cc1O[C@@H](C)c1c(Cl)cncc1Cl. The molecule has 10 nitrogen and oxygen atoms in total. The minimum Gasteiger partial charge on any atom is -0.493 e. The van der Waals surface area contributed by atoms with Crippen molar-refractivity contribution >= 4 is 39.9 Å². The van der Waals surface area contributed by atoms with E-state index in [4.69, 9.17) is 32.7 Å². The lowest BCUT2D eigenvalue weighted by Gasteiger charge is -2.50. The number of aliphatic hydroxyl groups is 1. The van der Waals surface area contributed by atoms with Gasteiger partial charge in [-0.05, 0) is 39.8 Å². The number of nitrogens with zero attached hydrogens (tertiary/aromatic N) is 5. The van der Waals surface area contributed by atoms with Gasteiger partial charge in [0.25, 0.3) is 0 Å². The highest BCUT2D eigenvalue weighted by atomic mass is 35.5. The molecule has 1 aromatic carbocycles. The molecule has 3 N–H and O–H groups in total. The molecule has 1 saturated heterocycles. The van der Waals surface area contributed by atoms with Gasteiger partial charge in [-0.25, -0.2) is 4.98 Å². The van der Waals surface area contributed by atoms with Crippen molar-refractivity contribution in [3.63, 3.8) is 0 Å². The lowest BCUT2D eigenvalue weighted by atomic mass is 9.90. The van der Waals surface area contributed by atoms with E-state index < -0.39 is 11.7 Å². The van der Waals surface area contributed by atoms with Crippen LogP contribution in [0, 0.1) is 11.3 Å². The van der Waals surface area contributed by atoms with Gasteiger partial charge in [0.05, 0.1) is 39.4 Å². The standard InChI is InChI=1S/C29H31Cl2N7O3/c1-16(25-20(30)11-33-12-21(25)31)41-24-7-19-22(8-23(24)40-5)36-37-26(19)18-6-17(9-32)27(34-10-18)38-14-29(4,15-38)35-13-28(2,3)39/h6-8,10-12,16,35,39H,13-15H2,1-5H3,(H,36,37)/t16-/m0/s1. The Morgan fingerprint density at radius 2 is 1.90 bits per heavy atom. The van der Waals surface area contributed by atoms with Crippen LogP contribution >= 0.6 is 23.2 Å². The largest absolute Gasteiger partial charge is 0.493 e. The van der Waals surface area contributed by atoms with Crippen LogP contribution in [-0.4, -0.2) is 63.2 Å². The zero-order valence-corrected chi connectivity index (χ0v) is 24.9. The van der Waals surface area contributed by atoms with Gasteiger partial charge in [-0.1, -0.05) is 23.2 Å². The first-order chi connectivity index (χ1) is 19.4. The molecule has 1 atom stereocenters. The van der Waals surface area contributed by atoms with E-state index >= 15 is 0 Å². The van der Waals surface area contributed by atoms with Gasteiger partial charge in [0, 0.05) is 60.8 Å². The molecule has 4 heterocycles. The summed E-state index contributed by atoms with van der Waals surface area (Å²) in [5, 5.41) is 32.6. The quantitative estimate of drug-likeness (QED) is 0.236. The summed E-state index contributed by atoms with van der Waals surface area (Å²) in [5.41, 5.74) is 2.12. The summed E-state index contributed by atoms with van der Waals surface area (Å²) in [5.74, 6) is 1.60. The monoisotopic (exact) mass is 595 g/mol. The minimum absolute atomic E-state index is 0.178. The Morgan fingerprint density at radius 1 is 1.20 bits per heavy atom. The summed E-state index contributed by atoms with van der Waals surface area (Å²) in [6.45, 7) is 9.28. The van der Waals surface area contributed by atoms with Crippen LogP contribution in [0.5, 0.6) is 11.5 Å². The third-order valence-electron chi connectivity index (χ3n) is 7.04. The number of nitrogens with one attached hydrogen (secondary N) is 2. The summed E-state index contributed by atoms with van der Waals surface area (Å²) >= 11 is 12.7. The maximum absolute atomic E-state index is 10.1. The average molecular weight is 597 g/mol. The van der Waals surface area contributed by atoms with Gasteiger partial charge in [0.15, 0.2) is 11.5 Å². The molecular formula is C29H31Cl2N7O3. The highest BCUT2D eigenvalue weighted by Gasteiger charge is 2.40. The molecule has 214 valence electrons. The van der Waals surface area contributed by atoms with E-state index in [1.54, 1.807) is 39.3 Å². The van der Waals surface area contributed by atoms with E-state index in [-0.39, 0.29) is 5.54 Å². The van der Waals surface area contributed by atoms with Crippen LogP contribution in [0.25, 0.3) is 22.2 Å². The normalized spacial score (nSPS) is 15.3. The first-order valence-electron chi connectivity index (χ1n) is 13.1. The summed E-state index contributed by atoms with van der Waals surface area (Å²) < 4.78 is 11.9. The summed E-state index contributed by atoms with van der Waals surface area (Å²) in [6, 6.07) is 7.72. The lowest BCUT2D eigenvalue weighted by Crippen LogP contribution is -2.69. The van der Waals surface area contributed by atoms with Crippen LogP contribution in [0.4, 0.5) is 5.82 Å². The van der Waals surface area contributed by atoms with Crippen molar-refractivity contribution in [2.75, 3.05) is 31.6 Å². The molecule has 5 rings (SSSR count). The molecule has 3 aromatic heterocycles. The van der Waals surface area contributed by atoms with E-state index in [0.29, 0.717) is 69.4 Å². The third kappa shape index (κ3) is 5.90. The Labute approximate surface area is 248 Å². The Bertz CT molecular complexity index is 1620. The Kier molecular flexibility index (Phi) is 7.74. The van der Waals surface area contributed by atoms with Crippen molar-refractivity contribution in [3.05, 3.63) is 58.0 Å². The first-order valence-corrected chi connectivity index (χ1v) is 13.8. The second-order valence-electron chi connectivity index (χ2n) is 11.2. The zero-order chi connectivity index (χ0) is 29.5. The molecule has 1 aliphatic rings. The number of hydrogen-bond acceptors (Lipinski definition) is 9. The number of β-amino-alcohol motifs (C(OH)–C–C–N with tert-alkyl or cyclic N) is 1. The fourth-order valence-corrected chi connectivity index (χ4v) is 5.64. The van der Waals surface area contributed by atoms with Crippen LogP contribution < -0.4 is 19.7 Å². The topological polar surface area (TPSA) is 132 Å². The molecule has 0 unspecified atom stereocenters. The van der Waals surface area contributed by atoms with Gasteiger partial charge < -0.3 is 24.8 Å². The van der Waals surface area contributed by atoms with E-state index in [9.17, 15) is 10.4 Å². The van der Waals surface area contributed by atoms with Gasteiger partial charge in [-0.3, -0.25) is 10.1 Å². The minimum atomic E-state index is -0.806. The van der Waals surface area contributed by atoms with E-state index in [0.717, 1.165) is 10.9 Å². The Morgan fingerprint density at radius 3 is 2.54 bits per heavy atom. The van der Waals surface area contributed by atoms with E-state index in [1.807, 2.05) is 13.0 Å². The number of anilines is 1. The number of benzene rings is 1. The van der Waals surface area contributed by atoms with Gasteiger partial charge in [0.2, 0.25) is 0 Å².